The second-order valence-electron chi connectivity index (χ2n) is 6.47. The van der Waals surface area contributed by atoms with Gasteiger partial charge in [-0.05, 0) is 51.8 Å². The van der Waals surface area contributed by atoms with Crippen molar-refractivity contribution < 1.29 is 9.31 Å². The number of rotatable bonds is 4. The molecular formula is C16H25BN2O2. The number of para-hydroxylation sites is 1. The Kier molecular flexibility index (Phi) is 4.47. The summed E-state index contributed by atoms with van der Waals surface area (Å²) in [5.41, 5.74) is 8.11. The summed E-state index contributed by atoms with van der Waals surface area (Å²) in [4.78, 5) is 0. The van der Waals surface area contributed by atoms with Gasteiger partial charge in [0, 0.05) is 12.2 Å². The van der Waals surface area contributed by atoms with Crippen LogP contribution in [0.1, 0.15) is 33.3 Å². The Morgan fingerprint density at radius 3 is 2.29 bits per heavy atom. The number of hydrogen-bond donors (Lipinski definition) is 2. The van der Waals surface area contributed by atoms with E-state index in [0.29, 0.717) is 6.54 Å². The van der Waals surface area contributed by atoms with Crippen molar-refractivity contribution in [2.75, 3.05) is 19.3 Å². The highest BCUT2D eigenvalue weighted by Gasteiger charge is 2.52. The highest BCUT2D eigenvalue weighted by Crippen LogP contribution is 2.38. The molecule has 0 atom stereocenters. The van der Waals surface area contributed by atoms with Crippen molar-refractivity contribution in [2.45, 2.75) is 38.9 Å². The van der Waals surface area contributed by atoms with E-state index in [2.05, 4.69) is 33.0 Å². The minimum atomic E-state index is -0.359. The van der Waals surface area contributed by atoms with E-state index in [9.17, 15) is 0 Å². The van der Waals surface area contributed by atoms with Gasteiger partial charge in [-0.25, -0.2) is 0 Å². The van der Waals surface area contributed by atoms with Crippen LogP contribution in [0.15, 0.2) is 29.7 Å². The van der Waals surface area contributed by atoms with E-state index >= 15 is 0 Å². The molecule has 5 heteroatoms. The van der Waals surface area contributed by atoms with E-state index in [1.807, 2.05) is 37.4 Å². The second-order valence-corrected chi connectivity index (χ2v) is 6.47. The van der Waals surface area contributed by atoms with Crippen molar-refractivity contribution in [1.29, 1.82) is 0 Å². The van der Waals surface area contributed by atoms with Gasteiger partial charge in [-0.15, -0.1) is 0 Å². The molecule has 0 bridgehead atoms. The maximum absolute atomic E-state index is 6.12. The van der Waals surface area contributed by atoms with Crippen molar-refractivity contribution in [3.63, 3.8) is 0 Å². The summed E-state index contributed by atoms with van der Waals surface area (Å²) in [5.74, 6) is 0. The molecule has 1 saturated heterocycles. The fourth-order valence-corrected chi connectivity index (χ4v) is 2.24. The van der Waals surface area contributed by atoms with Crippen molar-refractivity contribution in [3.8, 4) is 0 Å². The minimum Gasteiger partial charge on any atom is -0.400 e. The van der Waals surface area contributed by atoms with Gasteiger partial charge < -0.3 is 20.4 Å². The number of nitrogen functional groups attached to an aromatic ring is 1. The predicted molar refractivity (Wildman–Crippen MR) is 88.8 cm³/mol. The van der Waals surface area contributed by atoms with Crippen LogP contribution >= 0.6 is 0 Å². The van der Waals surface area contributed by atoms with Gasteiger partial charge in [0.05, 0.1) is 11.2 Å². The quantitative estimate of drug-likeness (QED) is 0.660. The van der Waals surface area contributed by atoms with Gasteiger partial charge in [0.25, 0.3) is 0 Å². The molecule has 21 heavy (non-hydrogen) atoms. The summed E-state index contributed by atoms with van der Waals surface area (Å²) >= 11 is 0. The van der Waals surface area contributed by atoms with Crippen molar-refractivity contribution >= 4 is 18.9 Å². The zero-order valence-electron chi connectivity index (χ0n) is 13.6. The van der Waals surface area contributed by atoms with E-state index in [-0.39, 0.29) is 18.3 Å². The van der Waals surface area contributed by atoms with Gasteiger partial charge in [-0.3, -0.25) is 0 Å². The number of anilines is 1. The Labute approximate surface area is 127 Å². The fraction of sp³-hybridized carbons (Fsp3) is 0.500. The maximum atomic E-state index is 6.12. The molecule has 0 unspecified atom stereocenters. The van der Waals surface area contributed by atoms with Gasteiger partial charge in [0.15, 0.2) is 0 Å². The van der Waals surface area contributed by atoms with Gasteiger partial charge in [-0.1, -0.05) is 24.3 Å². The molecule has 4 nitrogen and oxygen atoms in total. The lowest BCUT2D eigenvalue weighted by Gasteiger charge is -2.32. The molecule has 1 aromatic carbocycles. The van der Waals surface area contributed by atoms with Crippen LogP contribution in [-0.2, 0) is 9.31 Å². The molecule has 1 aromatic rings. The molecule has 3 N–H and O–H groups in total. The average Bonchev–Trinajstić information content (AvgIpc) is 2.60. The first-order chi connectivity index (χ1) is 9.77. The van der Waals surface area contributed by atoms with E-state index in [1.165, 1.54) is 0 Å². The molecule has 0 radical (unpaired) electrons. The highest BCUT2D eigenvalue weighted by molar-refractivity contribution is 6.56. The molecule has 1 aliphatic rings. The molecule has 0 aliphatic carbocycles. The number of nitrogens with two attached hydrogens (primary N) is 1. The van der Waals surface area contributed by atoms with Crippen LogP contribution in [0.2, 0.25) is 0 Å². The van der Waals surface area contributed by atoms with Crippen LogP contribution in [0.25, 0.3) is 6.08 Å². The fourth-order valence-electron chi connectivity index (χ4n) is 2.24. The Balaban J connectivity index is 2.31. The van der Waals surface area contributed by atoms with E-state index in [1.54, 1.807) is 0 Å². The van der Waals surface area contributed by atoms with Gasteiger partial charge in [0.2, 0.25) is 0 Å². The zero-order chi connectivity index (χ0) is 15.7. The number of hydrogen-bond acceptors (Lipinski definition) is 4. The molecule has 0 amide bonds. The first-order valence-electron chi connectivity index (χ1n) is 7.32. The largest absolute Gasteiger partial charge is 0.491 e. The predicted octanol–water partition coefficient (Wildman–Crippen LogP) is 2.50. The van der Waals surface area contributed by atoms with E-state index in [4.69, 9.17) is 15.0 Å². The minimum absolute atomic E-state index is 0.341. The third-order valence-electron chi connectivity index (χ3n) is 4.27. The first-order valence-corrected chi connectivity index (χ1v) is 7.32. The van der Waals surface area contributed by atoms with Crippen LogP contribution < -0.4 is 11.1 Å². The molecular weight excluding hydrogens is 263 g/mol. The summed E-state index contributed by atoms with van der Waals surface area (Å²) in [6, 6.07) is 7.80. The Bertz CT molecular complexity index is 525. The Hall–Kier alpha value is -1.30. The van der Waals surface area contributed by atoms with Crippen molar-refractivity contribution in [2.24, 2.45) is 0 Å². The SMILES string of the molecule is CNCC(=Cc1ccccc1N)B1OC(C)(C)C(C)(C)O1. The van der Waals surface area contributed by atoms with Gasteiger partial charge in [0.1, 0.15) is 0 Å². The normalized spacial score (nSPS) is 20.8. The Morgan fingerprint density at radius 1 is 1.19 bits per heavy atom. The molecule has 1 heterocycles. The number of nitrogens with one attached hydrogen (secondary N) is 1. The van der Waals surface area contributed by atoms with Crippen LogP contribution in [-0.4, -0.2) is 31.9 Å². The monoisotopic (exact) mass is 288 g/mol. The van der Waals surface area contributed by atoms with Crippen molar-refractivity contribution in [3.05, 3.63) is 35.3 Å². The molecule has 2 rings (SSSR count). The summed E-state index contributed by atoms with van der Waals surface area (Å²) in [6.45, 7) is 8.91. The third-order valence-corrected chi connectivity index (χ3v) is 4.27. The average molecular weight is 288 g/mol. The van der Waals surface area contributed by atoms with Gasteiger partial charge in [-0.2, -0.15) is 0 Å². The van der Waals surface area contributed by atoms with Crippen LogP contribution in [0, 0.1) is 0 Å². The first kappa shape index (κ1) is 16.1. The molecule has 114 valence electrons. The maximum Gasteiger partial charge on any atom is 0.491 e. The molecule has 1 fully saturated rings. The molecule has 0 aromatic heterocycles. The molecule has 1 aliphatic heterocycles. The van der Waals surface area contributed by atoms with E-state index in [0.717, 1.165) is 16.7 Å². The summed E-state index contributed by atoms with van der Waals surface area (Å²) in [5, 5.41) is 3.17. The lowest BCUT2D eigenvalue weighted by atomic mass is 9.77. The smallest absolute Gasteiger partial charge is 0.400 e. The summed E-state index contributed by atoms with van der Waals surface area (Å²) in [6.07, 6.45) is 2.05. The van der Waals surface area contributed by atoms with Crippen LogP contribution in [0.3, 0.4) is 0 Å². The van der Waals surface area contributed by atoms with Crippen LogP contribution in [0.4, 0.5) is 5.69 Å². The molecule has 0 saturated carbocycles. The zero-order valence-corrected chi connectivity index (χ0v) is 13.6. The standard InChI is InChI=1S/C16H25BN2O2/c1-15(2)16(3,4)21-17(20-15)13(11-19-5)10-12-8-6-7-9-14(12)18/h6-10,19H,11,18H2,1-5H3. The van der Waals surface area contributed by atoms with Gasteiger partial charge >= 0.3 is 7.12 Å². The Morgan fingerprint density at radius 2 is 1.76 bits per heavy atom. The van der Waals surface area contributed by atoms with Crippen molar-refractivity contribution in [1.82, 2.24) is 5.32 Å². The summed E-state index contributed by atoms with van der Waals surface area (Å²) < 4.78 is 12.2. The number of likely N-dealkylation sites (N-methyl/N-ethyl adjacent to an activating group) is 1. The highest BCUT2D eigenvalue weighted by atomic mass is 16.7. The van der Waals surface area contributed by atoms with E-state index < -0.39 is 0 Å². The molecule has 0 spiro atoms. The lowest BCUT2D eigenvalue weighted by Crippen LogP contribution is -2.41. The summed E-state index contributed by atoms with van der Waals surface area (Å²) in [7, 11) is 1.55. The second kappa shape index (κ2) is 5.83. The lowest BCUT2D eigenvalue weighted by molar-refractivity contribution is 0.00578. The van der Waals surface area contributed by atoms with Crippen LogP contribution in [0.5, 0.6) is 0 Å². The third kappa shape index (κ3) is 3.31. The number of benzene rings is 1. The topological polar surface area (TPSA) is 56.5 Å².